The Morgan fingerprint density at radius 1 is 0.955 bits per heavy atom. The summed E-state index contributed by atoms with van der Waals surface area (Å²) < 4.78 is 0. The van der Waals surface area contributed by atoms with Crippen molar-refractivity contribution in [3.05, 3.63) is 0 Å². The summed E-state index contributed by atoms with van der Waals surface area (Å²) in [6, 6.07) is 0. The van der Waals surface area contributed by atoms with E-state index in [1.165, 1.54) is 0 Å². The van der Waals surface area contributed by atoms with Crippen molar-refractivity contribution in [3.63, 3.8) is 0 Å². The van der Waals surface area contributed by atoms with Gasteiger partial charge in [0.15, 0.2) is 0 Å². The van der Waals surface area contributed by atoms with E-state index < -0.39 is 0 Å². The third kappa shape index (κ3) is 1.84. The van der Waals surface area contributed by atoms with Crippen LogP contribution in [-0.2, 0) is 4.79 Å². The van der Waals surface area contributed by atoms with Crippen LogP contribution in [0.1, 0.15) is 65.2 Å². The number of hydrogen-bond acceptors (Lipinski definition) is 3. The Hall–Kier alpha value is -0.410. The van der Waals surface area contributed by atoms with E-state index in [1.807, 2.05) is 0 Å². The fraction of sp³-hybridized carbons (Fsp3) is 0.947. The highest BCUT2D eigenvalue weighted by Gasteiger charge is 2.61. The minimum atomic E-state index is -0.292. The summed E-state index contributed by atoms with van der Waals surface area (Å²) in [5, 5.41) is 20.8. The molecule has 0 aromatic rings. The lowest BCUT2D eigenvalue weighted by atomic mass is 9.44. The summed E-state index contributed by atoms with van der Waals surface area (Å²) in [5.74, 6) is 2.35. The molecular formula is C19H30O3. The van der Waals surface area contributed by atoms with E-state index in [2.05, 4.69) is 13.8 Å². The number of carbonyl (C=O) groups is 1. The zero-order valence-electron chi connectivity index (χ0n) is 13.9. The largest absolute Gasteiger partial charge is 0.393 e. The Morgan fingerprint density at radius 2 is 1.73 bits per heavy atom. The molecule has 0 aromatic heterocycles. The molecule has 0 heterocycles. The highest BCUT2D eigenvalue weighted by Crippen LogP contribution is 2.65. The second kappa shape index (κ2) is 4.80. The van der Waals surface area contributed by atoms with Crippen LogP contribution in [0.4, 0.5) is 0 Å². The number of rotatable bonds is 0. The minimum absolute atomic E-state index is 0.113. The van der Waals surface area contributed by atoms with Gasteiger partial charge in [-0.1, -0.05) is 13.8 Å². The van der Waals surface area contributed by atoms with Crippen molar-refractivity contribution in [1.29, 1.82) is 0 Å². The Bertz CT molecular complexity index is 489. The predicted molar refractivity (Wildman–Crippen MR) is 84.1 cm³/mol. The first-order chi connectivity index (χ1) is 10.4. The highest BCUT2D eigenvalue weighted by molar-refractivity contribution is 5.87. The second-order valence-electron chi connectivity index (χ2n) is 9.14. The third-order valence-corrected chi connectivity index (χ3v) is 8.36. The lowest BCUT2D eigenvalue weighted by Gasteiger charge is -2.61. The van der Waals surface area contributed by atoms with Crippen molar-refractivity contribution >= 4 is 5.78 Å². The van der Waals surface area contributed by atoms with Gasteiger partial charge >= 0.3 is 0 Å². The zero-order chi connectivity index (χ0) is 15.7. The van der Waals surface area contributed by atoms with Crippen molar-refractivity contribution in [2.24, 2.45) is 34.5 Å². The Morgan fingerprint density at radius 3 is 2.50 bits per heavy atom. The van der Waals surface area contributed by atoms with Crippen LogP contribution in [-0.4, -0.2) is 28.2 Å². The first kappa shape index (κ1) is 15.1. The van der Waals surface area contributed by atoms with Gasteiger partial charge in [-0.2, -0.15) is 0 Å². The van der Waals surface area contributed by atoms with Crippen molar-refractivity contribution in [3.8, 4) is 0 Å². The number of fused-ring (bicyclic) bond motifs is 5. The molecule has 4 aliphatic carbocycles. The fourth-order valence-corrected chi connectivity index (χ4v) is 7.05. The average molecular weight is 306 g/mol. The van der Waals surface area contributed by atoms with Crippen LogP contribution in [0.2, 0.25) is 0 Å². The van der Waals surface area contributed by atoms with Crippen LogP contribution in [0.25, 0.3) is 0 Å². The van der Waals surface area contributed by atoms with Gasteiger partial charge in [0, 0.05) is 11.8 Å². The molecule has 0 amide bonds. The quantitative estimate of drug-likeness (QED) is 0.723. The summed E-state index contributed by atoms with van der Waals surface area (Å²) >= 11 is 0. The van der Waals surface area contributed by atoms with E-state index >= 15 is 0 Å². The summed E-state index contributed by atoms with van der Waals surface area (Å²) in [6.45, 7) is 4.55. The first-order valence-electron chi connectivity index (χ1n) is 9.25. The number of Topliss-reactive ketones (excluding diaryl/α,β-unsaturated/α-hetero) is 1. The van der Waals surface area contributed by atoms with Crippen LogP contribution in [0.3, 0.4) is 0 Å². The molecule has 3 heteroatoms. The standard InChI is InChI=1S/C19H30O3/c1-18-7-5-11(20)9-15(18)16(21)10-12-13-3-4-17(22)19(13,2)8-6-14(12)18/h11-16,20-21H,3-10H2,1-2H3/t11?,12-,13-,14-,15+,16-,18+,19-/m0/s1. The minimum Gasteiger partial charge on any atom is -0.393 e. The van der Waals surface area contributed by atoms with Gasteiger partial charge in [0.2, 0.25) is 0 Å². The molecule has 1 unspecified atom stereocenters. The van der Waals surface area contributed by atoms with Crippen molar-refractivity contribution in [2.75, 3.05) is 0 Å². The van der Waals surface area contributed by atoms with Gasteiger partial charge in [0.25, 0.3) is 0 Å². The number of hydrogen-bond donors (Lipinski definition) is 2. The SMILES string of the molecule is C[C@]12CCC(O)C[C@@H]1[C@@H](O)C[C@@H]1[C@@H]2CC[C@]2(C)C(=O)CC[C@@H]12. The molecule has 2 N–H and O–H groups in total. The molecule has 0 radical (unpaired) electrons. The maximum atomic E-state index is 12.4. The van der Waals surface area contributed by atoms with Gasteiger partial charge < -0.3 is 10.2 Å². The van der Waals surface area contributed by atoms with E-state index in [0.717, 1.165) is 51.4 Å². The Kier molecular flexibility index (Phi) is 3.30. The Balaban J connectivity index is 1.68. The van der Waals surface area contributed by atoms with Crippen molar-refractivity contribution < 1.29 is 15.0 Å². The van der Waals surface area contributed by atoms with Gasteiger partial charge in [-0.25, -0.2) is 0 Å². The number of aliphatic hydroxyl groups is 2. The molecule has 8 atom stereocenters. The van der Waals surface area contributed by atoms with Gasteiger partial charge in [-0.05, 0) is 74.0 Å². The monoisotopic (exact) mass is 306 g/mol. The van der Waals surface area contributed by atoms with Crippen molar-refractivity contribution in [1.82, 2.24) is 0 Å². The molecule has 124 valence electrons. The molecule has 0 aliphatic heterocycles. The Labute approximate surface area is 133 Å². The molecule has 4 saturated carbocycles. The van der Waals surface area contributed by atoms with E-state index in [4.69, 9.17) is 0 Å². The first-order valence-corrected chi connectivity index (χ1v) is 9.25. The van der Waals surface area contributed by atoms with Gasteiger partial charge in [0.05, 0.1) is 12.2 Å². The predicted octanol–water partition coefficient (Wildman–Crippen LogP) is 2.93. The molecule has 0 bridgehead atoms. The topological polar surface area (TPSA) is 57.5 Å². The maximum Gasteiger partial charge on any atom is 0.139 e. The highest BCUT2D eigenvalue weighted by atomic mass is 16.3. The molecule has 4 aliphatic rings. The smallest absolute Gasteiger partial charge is 0.139 e. The van der Waals surface area contributed by atoms with Gasteiger partial charge in [-0.15, -0.1) is 0 Å². The van der Waals surface area contributed by atoms with E-state index in [0.29, 0.717) is 23.5 Å². The summed E-state index contributed by atoms with van der Waals surface area (Å²) in [4.78, 5) is 12.4. The van der Waals surface area contributed by atoms with E-state index in [9.17, 15) is 15.0 Å². The van der Waals surface area contributed by atoms with Crippen LogP contribution < -0.4 is 0 Å². The summed E-state index contributed by atoms with van der Waals surface area (Å²) in [6.07, 6.45) is 6.97. The van der Waals surface area contributed by atoms with E-state index in [1.54, 1.807) is 0 Å². The van der Waals surface area contributed by atoms with E-state index in [-0.39, 0.29) is 29.0 Å². The third-order valence-electron chi connectivity index (χ3n) is 8.36. The fourth-order valence-electron chi connectivity index (χ4n) is 7.05. The zero-order valence-corrected chi connectivity index (χ0v) is 13.9. The molecule has 4 fully saturated rings. The average Bonchev–Trinajstić information content (AvgIpc) is 2.77. The lowest BCUT2D eigenvalue weighted by Crippen LogP contribution is -2.58. The molecular weight excluding hydrogens is 276 g/mol. The molecule has 0 saturated heterocycles. The number of carbonyl (C=O) groups excluding carboxylic acids is 1. The van der Waals surface area contributed by atoms with Gasteiger partial charge in [0.1, 0.15) is 5.78 Å². The van der Waals surface area contributed by atoms with Crippen LogP contribution in [0, 0.1) is 34.5 Å². The molecule has 4 rings (SSSR count). The van der Waals surface area contributed by atoms with Crippen LogP contribution in [0.15, 0.2) is 0 Å². The summed E-state index contributed by atoms with van der Waals surface area (Å²) in [5.41, 5.74) is 0.0484. The lowest BCUT2D eigenvalue weighted by molar-refractivity contribution is -0.170. The maximum absolute atomic E-state index is 12.4. The molecule has 0 spiro atoms. The number of ketones is 1. The molecule has 3 nitrogen and oxygen atoms in total. The molecule has 22 heavy (non-hydrogen) atoms. The second-order valence-corrected chi connectivity index (χ2v) is 9.14. The normalized spacial score (nSPS) is 57.9. The molecule has 0 aromatic carbocycles. The van der Waals surface area contributed by atoms with Gasteiger partial charge in [-0.3, -0.25) is 4.79 Å². The van der Waals surface area contributed by atoms with Crippen molar-refractivity contribution in [2.45, 2.75) is 77.4 Å². The van der Waals surface area contributed by atoms with Crippen LogP contribution in [0.5, 0.6) is 0 Å². The summed E-state index contributed by atoms with van der Waals surface area (Å²) in [7, 11) is 0. The van der Waals surface area contributed by atoms with Crippen LogP contribution >= 0.6 is 0 Å². The number of aliphatic hydroxyl groups excluding tert-OH is 2.